The molecule has 0 aliphatic rings. The summed E-state index contributed by atoms with van der Waals surface area (Å²) in [5.41, 5.74) is 3.75. The van der Waals surface area contributed by atoms with Crippen LogP contribution in [0.3, 0.4) is 0 Å². The molecule has 1 atom stereocenters. The van der Waals surface area contributed by atoms with Crippen LogP contribution in [0.25, 0.3) is 5.03 Å². The molecule has 82 valence electrons. The molecule has 1 aromatic carbocycles. The highest BCUT2D eigenvalue weighted by Gasteiger charge is 2.10. The predicted molar refractivity (Wildman–Crippen MR) is 69.4 cm³/mol. The van der Waals surface area contributed by atoms with E-state index < -0.39 is 0 Å². The molecule has 1 unspecified atom stereocenters. The molecule has 0 radical (unpaired) electrons. The van der Waals surface area contributed by atoms with E-state index in [0.29, 0.717) is 11.0 Å². The Hall–Kier alpha value is -0.750. The highest BCUT2D eigenvalue weighted by Crippen LogP contribution is 2.30. The summed E-state index contributed by atoms with van der Waals surface area (Å²) >= 11 is 6.04. The van der Waals surface area contributed by atoms with E-state index in [1.54, 1.807) is 0 Å². The van der Waals surface area contributed by atoms with E-state index in [4.69, 9.17) is 11.6 Å². The normalized spacial score (nSPS) is 12.5. The average molecular weight is 223 g/mol. The van der Waals surface area contributed by atoms with Gasteiger partial charge in [-0.25, -0.2) is 0 Å². The molecular formula is C14H19Cl. The number of rotatable bonds is 4. The maximum absolute atomic E-state index is 6.04. The molecule has 0 spiro atoms. The molecule has 0 bridgehead atoms. The lowest BCUT2D eigenvalue weighted by Crippen LogP contribution is -1.97. The highest BCUT2D eigenvalue weighted by atomic mass is 35.5. The fraction of sp³-hybridized carbons (Fsp3) is 0.429. The Morgan fingerprint density at radius 3 is 2.53 bits per heavy atom. The van der Waals surface area contributed by atoms with Crippen LogP contribution in [-0.4, -0.2) is 0 Å². The quantitative estimate of drug-likeness (QED) is 0.675. The third-order valence-electron chi connectivity index (χ3n) is 2.96. The lowest BCUT2D eigenvalue weighted by atomic mass is 9.92. The van der Waals surface area contributed by atoms with Gasteiger partial charge in [-0.1, -0.05) is 57.2 Å². The number of aryl methyl sites for hydroxylation is 1. The summed E-state index contributed by atoms with van der Waals surface area (Å²) in [4.78, 5) is 0. The number of hydrogen-bond acceptors (Lipinski definition) is 0. The van der Waals surface area contributed by atoms with Crippen molar-refractivity contribution in [2.45, 2.75) is 39.5 Å². The molecule has 1 rings (SSSR count). The third-order valence-corrected chi connectivity index (χ3v) is 3.17. The van der Waals surface area contributed by atoms with Crippen molar-refractivity contribution in [1.29, 1.82) is 0 Å². The first-order valence-electron chi connectivity index (χ1n) is 5.57. The van der Waals surface area contributed by atoms with Crippen LogP contribution in [0.1, 0.15) is 49.8 Å². The number of hydrogen-bond donors (Lipinski definition) is 0. The number of benzene rings is 1. The Kier molecular flexibility index (Phi) is 4.41. The predicted octanol–water partition coefficient (Wildman–Crippen LogP) is 4.97. The SMILES string of the molecule is C=C(Cl)c1cc(CC)ccc1C(C)CC. The summed E-state index contributed by atoms with van der Waals surface area (Å²) in [6, 6.07) is 6.54. The van der Waals surface area contributed by atoms with Crippen LogP contribution in [0.2, 0.25) is 0 Å². The van der Waals surface area contributed by atoms with Crippen molar-refractivity contribution in [2.75, 3.05) is 0 Å². The summed E-state index contributed by atoms with van der Waals surface area (Å²) in [6.07, 6.45) is 2.17. The minimum absolute atomic E-state index is 0.543. The van der Waals surface area contributed by atoms with E-state index in [0.717, 1.165) is 18.4 Å². The van der Waals surface area contributed by atoms with Gasteiger partial charge in [0.15, 0.2) is 0 Å². The van der Waals surface area contributed by atoms with E-state index in [-0.39, 0.29) is 0 Å². The van der Waals surface area contributed by atoms with Crippen molar-refractivity contribution in [2.24, 2.45) is 0 Å². The summed E-state index contributed by atoms with van der Waals surface area (Å²) in [5.74, 6) is 0.543. The van der Waals surface area contributed by atoms with E-state index >= 15 is 0 Å². The standard InChI is InChI=1S/C14H19Cl/c1-5-10(3)13-8-7-12(6-2)9-14(13)11(4)15/h7-10H,4-6H2,1-3H3. The van der Waals surface area contributed by atoms with Crippen LogP contribution in [0.4, 0.5) is 0 Å². The molecular weight excluding hydrogens is 204 g/mol. The fourth-order valence-electron chi connectivity index (χ4n) is 1.71. The lowest BCUT2D eigenvalue weighted by Gasteiger charge is -2.15. The minimum Gasteiger partial charge on any atom is -0.0843 e. The molecule has 0 saturated heterocycles. The smallest absolute Gasteiger partial charge is 0.0409 e. The Morgan fingerprint density at radius 1 is 1.40 bits per heavy atom. The molecule has 1 aromatic rings. The zero-order chi connectivity index (χ0) is 11.4. The summed E-state index contributed by atoms with van der Waals surface area (Å²) < 4.78 is 0. The molecule has 0 aromatic heterocycles. The molecule has 15 heavy (non-hydrogen) atoms. The second-order valence-electron chi connectivity index (χ2n) is 3.99. The highest BCUT2D eigenvalue weighted by molar-refractivity contribution is 6.48. The van der Waals surface area contributed by atoms with Crippen molar-refractivity contribution < 1.29 is 0 Å². The van der Waals surface area contributed by atoms with Gasteiger partial charge in [-0.05, 0) is 35.4 Å². The van der Waals surface area contributed by atoms with Gasteiger partial charge in [0.1, 0.15) is 0 Å². The van der Waals surface area contributed by atoms with Gasteiger partial charge in [-0.2, -0.15) is 0 Å². The minimum atomic E-state index is 0.543. The van der Waals surface area contributed by atoms with Crippen LogP contribution in [-0.2, 0) is 6.42 Å². The Labute approximate surface area is 98.0 Å². The molecule has 0 N–H and O–H groups in total. The molecule has 0 aliphatic carbocycles. The van der Waals surface area contributed by atoms with E-state index in [1.807, 2.05) is 0 Å². The summed E-state index contributed by atoms with van der Waals surface area (Å²) in [5, 5.41) is 0.653. The zero-order valence-electron chi connectivity index (χ0n) is 9.81. The average Bonchev–Trinajstić information content (AvgIpc) is 2.27. The maximum Gasteiger partial charge on any atom is 0.0409 e. The van der Waals surface area contributed by atoms with Crippen LogP contribution in [0.5, 0.6) is 0 Å². The monoisotopic (exact) mass is 222 g/mol. The van der Waals surface area contributed by atoms with Gasteiger partial charge in [-0.15, -0.1) is 0 Å². The first-order valence-corrected chi connectivity index (χ1v) is 5.95. The van der Waals surface area contributed by atoms with E-state index in [9.17, 15) is 0 Å². The lowest BCUT2D eigenvalue weighted by molar-refractivity contribution is 0.731. The van der Waals surface area contributed by atoms with Crippen LogP contribution >= 0.6 is 11.6 Å². The van der Waals surface area contributed by atoms with Crippen molar-refractivity contribution in [1.82, 2.24) is 0 Å². The van der Waals surface area contributed by atoms with Gasteiger partial charge < -0.3 is 0 Å². The largest absolute Gasteiger partial charge is 0.0843 e. The van der Waals surface area contributed by atoms with Crippen LogP contribution < -0.4 is 0 Å². The van der Waals surface area contributed by atoms with Crippen molar-refractivity contribution in [3.63, 3.8) is 0 Å². The second kappa shape index (κ2) is 5.37. The molecule has 1 heteroatoms. The summed E-state index contributed by atoms with van der Waals surface area (Å²) in [6.45, 7) is 10.4. The fourth-order valence-corrected chi connectivity index (χ4v) is 1.87. The molecule has 0 fully saturated rings. The Balaban J connectivity index is 3.21. The first kappa shape index (κ1) is 12.3. The molecule has 0 amide bonds. The van der Waals surface area contributed by atoms with Gasteiger partial charge in [0.25, 0.3) is 0 Å². The topological polar surface area (TPSA) is 0 Å². The van der Waals surface area contributed by atoms with Gasteiger partial charge >= 0.3 is 0 Å². The van der Waals surface area contributed by atoms with Crippen LogP contribution in [0.15, 0.2) is 24.8 Å². The molecule has 0 saturated carbocycles. The number of halogens is 1. The maximum atomic E-state index is 6.04. The second-order valence-corrected chi connectivity index (χ2v) is 4.45. The van der Waals surface area contributed by atoms with E-state index in [2.05, 4.69) is 45.5 Å². The zero-order valence-corrected chi connectivity index (χ0v) is 10.6. The Morgan fingerprint density at radius 2 is 2.07 bits per heavy atom. The van der Waals surface area contributed by atoms with Crippen LogP contribution in [0, 0.1) is 0 Å². The van der Waals surface area contributed by atoms with E-state index in [1.165, 1.54) is 11.1 Å². The molecule has 0 heterocycles. The van der Waals surface area contributed by atoms with Gasteiger partial charge in [0, 0.05) is 5.03 Å². The van der Waals surface area contributed by atoms with Crippen molar-refractivity contribution in [3.8, 4) is 0 Å². The third kappa shape index (κ3) is 2.85. The van der Waals surface area contributed by atoms with Gasteiger partial charge in [-0.3, -0.25) is 0 Å². The van der Waals surface area contributed by atoms with Gasteiger partial charge in [0.05, 0.1) is 0 Å². The molecule has 0 nitrogen and oxygen atoms in total. The van der Waals surface area contributed by atoms with Crippen molar-refractivity contribution in [3.05, 3.63) is 41.5 Å². The summed E-state index contributed by atoms with van der Waals surface area (Å²) in [7, 11) is 0. The molecule has 0 aliphatic heterocycles. The van der Waals surface area contributed by atoms with Gasteiger partial charge in [0.2, 0.25) is 0 Å². The first-order chi connectivity index (χ1) is 7.10. The Bertz CT molecular complexity index is 352. The van der Waals surface area contributed by atoms with Crippen molar-refractivity contribution >= 4 is 16.6 Å².